The summed E-state index contributed by atoms with van der Waals surface area (Å²) in [5.74, 6) is 2.00. The second-order valence-corrected chi connectivity index (χ2v) is 7.85. The van der Waals surface area contributed by atoms with Gasteiger partial charge in [-0.05, 0) is 42.9 Å². The summed E-state index contributed by atoms with van der Waals surface area (Å²) in [5, 5.41) is 0. The minimum atomic E-state index is -0.338. The summed E-state index contributed by atoms with van der Waals surface area (Å²) in [6, 6.07) is 19.8. The number of hydrogen-bond acceptors (Lipinski definition) is 7. The van der Waals surface area contributed by atoms with Gasteiger partial charge in [0.25, 0.3) is 5.91 Å². The van der Waals surface area contributed by atoms with Gasteiger partial charge in [0.1, 0.15) is 17.8 Å². The van der Waals surface area contributed by atoms with Crippen LogP contribution < -0.4 is 26.2 Å². The molecule has 8 nitrogen and oxygen atoms in total. The Labute approximate surface area is 187 Å². The van der Waals surface area contributed by atoms with E-state index in [-0.39, 0.29) is 12.5 Å². The van der Waals surface area contributed by atoms with Gasteiger partial charge >= 0.3 is 0 Å². The van der Waals surface area contributed by atoms with Crippen molar-refractivity contribution in [3.05, 3.63) is 72.6 Å². The number of rotatable bonds is 8. The van der Waals surface area contributed by atoms with Gasteiger partial charge in [-0.15, -0.1) is 0 Å². The van der Waals surface area contributed by atoms with E-state index in [1.807, 2.05) is 24.3 Å². The number of nitrogens with zero attached hydrogens (tertiary/aromatic N) is 3. The fourth-order valence-electron chi connectivity index (χ4n) is 3.86. The van der Waals surface area contributed by atoms with E-state index in [9.17, 15) is 4.79 Å². The highest BCUT2D eigenvalue weighted by atomic mass is 16.5. The number of hydrazine groups is 1. The molecule has 0 saturated carbocycles. The molecule has 0 spiro atoms. The standard InChI is InChI=1S/C24H28N6O2/c25-22-23(29-28-21(31)16-32-20-9-5-2-6-10-20)26-17-27-24(22)30-13-11-19(12-14-30)15-18-7-3-1-4-8-18/h1-10,17,19H,11-16,25H2,(H,28,31)(H,26,27,29). The third-order valence-electron chi connectivity index (χ3n) is 5.58. The number of carbonyl (C=O) groups excluding carboxylic acids is 1. The first-order valence-electron chi connectivity index (χ1n) is 10.8. The van der Waals surface area contributed by atoms with E-state index < -0.39 is 0 Å². The second-order valence-electron chi connectivity index (χ2n) is 7.85. The summed E-state index contributed by atoms with van der Waals surface area (Å²) in [7, 11) is 0. The summed E-state index contributed by atoms with van der Waals surface area (Å²) in [4.78, 5) is 22.8. The Morgan fingerprint density at radius 3 is 2.44 bits per heavy atom. The number of carbonyl (C=O) groups is 1. The van der Waals surface area contributed by atoms with Gasteiger partial charge in [0.05, 0.1) is 0 Å². The third kappa shape index (κ3) is 5.66. The average Bonchev–Trinajstić information content (AvgIpc) is 2.84. The molecule has 4 N–H and O–H groups in total. The van der Waals surface area contributed by atoms with Gasteiger partial charge in [-0.25, -0.2) is 9.97 Å². The van der Waals surface area contributed by atoms with Gasteiger partial charge in [-0.1, -0.05) is 48.5 Å². The lowest BCUT2D eigenvalue weighted by Crippen LogP contribution is -2.36. The van der Waals surface area contributed by atoms with Gasteiger partial charge in [0.2, 0.25) is 0 Å². The van der Waals surface area contributed by atoms with E-state index in [0.717, 1.165) is 32.4 Å². The number of nitrogen functional groups attached to an aromatic ring is 1. The van der Waals surface area contributed by atoms with Crippen molar-refractivity contribution in [2.45, 2.75) is 19.3 Å². The van der Waals surface area contributed by atoms with Crippen molar-refractivity contribution >= 4 is 23.2 Å². The Morgan fingerprint density at radius 1 is 1.03 bits per heavy atom. The lowest BCUT2D eigenvalue weighted by molar-refractivity contribution is -0.122. The Hall–Kier alpha value is -3.81. The van der Waals surface area contributed by atoms with Crippen LogP contribution in [-0.2, 0) is 11.2 Å². The van der Waals surface area contributed by atoms with E-state index in [1.165, 1.54) is 11.9 Å². The maximum atomic E-state index is 12.1. The van der Waals surface area contributed by atoms with E-state index in [0.29, 0.717) is 29.0 Å². The van der Waals surface area contributed by atoms with E-state index in [1.54, 1.807) is 12.1 Å². The molecular formula is C24H28N6O2. The number of benzene rings is 2. The average molecular weight is 433 g/mol. The zero-order chi connectivity index (χ0) is 22.2. The Kier molecular flexibility index (Phi) is 7.01. The highest BCUT2D eigenvalue weighted by Gasteiger charge is 2.23. The molecule has 8 heteroatoms. The number of amides is 1. The van der Waals surface area contributed by atoms with Crippen molar-refractivity contribution in [1.29, 1.82) is 0 Å². The maximum Gasteiger partial charge on any atom is 0.276 e. The first-order chi connectivity index (χ1) is 15.7. The largest absolute Gasteiger partial charge is 0.484 e. The highest BCUT2D eigenvalue weighted by molar-refractivity contribution is 5.81. The summed E-state index contributed by atoms with van der Waals surface area (Å²) < 4.78 is 5.43. The molecule has 2 aromatic carbocycles. The zero-order valence-electron chi connectivity index (χ0n) is 17.9. The number of ether oxygens (including phenoxy) is 1. The van der Waals surface area contributed by atoms with Crippen LogP contribution >= 0.6 is 0 Å². The van der Waals surface area contributed by atoms with Crippen molar-refractivity contribution in [1.82, 2.24) is 15.4 Å². The Bertz CT molecular complexity index is 1010. The molecule has 1 fully saturated rings. The molecule has 1 saturated heterocycles. The van der Waals surface area contributed by atoms with E-state index in [2.05, 4.69) is 50.0 Å². The molecule has 166 valence electrons. The molecule has 2 heterocycles. The lowest BCUT2D eigenvalue weighted by Gasteiger charge is -2.33. The van der Waals surface area contributed by atoms with Crippen LogP contribution in [-0.4, -0.2) is 35.6 Å². The van der Waals surface area contributed by atoms with Crippen LogP contribution in [0.2, 0.25) is 0 Å². The predicted molar refractivity (Wildman–Crippen MR) is 125 cm³/mol. The summed E-state index contributed by atoms with van der Waals surface area (Å²) in [5.41, 5.74) is 13.5. The molecule has 0 unspecified atom stereocenters. The number of nitrogens with two attached hydrogens (primary N) is 1. The molecule has 1 amide bonds. The van der Waals surface area contributed by atoms with Gasteiger partial charge < -0.3 is 15.4 Å². The molecule has 3 aromatic rings. The Morgan fingerprint density at radius 2 is 1.72 bits per heavy atom. The molecule has 1 aliphatic rings. The number of hydrogen-bond donors (Lipinski definition) is 3. The molecule has 0 aliphatic carbocycles. The second kappa shape index (κ2) is 10.5. The normalized spacial score (nSPS) is 14.1. The molecular weight excluding hydrogens is 404 g/mol. The van der Waals surface area contributed by atoms with E-state index in [4.69, 9.17) is 10.5 Å². The molecule has 0 radical (unpaired) electrons. The smallest absolute Gasteiger partial charge is 0.276 e. The number of para-hydroxylation sites is 1. The van der Waals surface area contributed by atoms with Crippen LogP contribution in [0.3, 0.4) is 0 Å². The monoisotopic (exact) mass is 432 g/mol. The fourth-order valence-corrected chi connectivity index (χ4v) is 3.86. The predicted octanol–water partition coefficient (Wildman–Crippen LogP) is 3.04. The lowest BCUT2D eigenvalue weighted by atomic mass is 9.90. The van der Waals surface area contributed by atoms with Crippen molar-refractivity contribution in [3.8, 4) is 5.75 Å². The quantitative estimate of drug-likeness (QED) is 0.470. The van der Waals surface area contributed by atoms with Crippen LogP contribution in [0.15, 0.2) is 67.0 Å². The third-order valence-corrected chi connectivity index (χ3v) is 5.58. The number of piperidine rings is 1. The summed E-state index contributed by atoms with van der Waals surface area (Å²) >= 11 is 0. The fraction of sp³-hybridized carbons (Fsp3) is 0.292. The van der Waals surface area contributed by atoms with Crippen LogP contribution in [0.5, 0.6) is 5.75 Å². The van der Waals surface area contributed by atoms with Crippen LogP contribution in [0, 0.1) is 5.92 Å². The first-order valence-corrected chi connectivity index (χ1v) is 10.8. The minimum absolute atomic E-state index is 0.121. The van der Waals surface area contributed by atoms with Crippen molar-refractivity contribution in [2.75, 3.05) is 35.8 Å². The topological polar surface area (TPSA) is 105 Å². The molecule has 0 bridgehead atoms. The molecule has 1 aliphatic heterocycles. The van der Waals surface area contributed by atoms with Gasteiger partial charge in [0, 0.05) is 13.1 Å². The Balaban J connectivity index is 1.28. The number of aromatic nitrogens is 2. The van der Waals surface area contributed by atoms with Crippen molar-refractivity contribution in [2.24, 2.45) is 5.92 Å². The van der Waals surface area contributed by atoms with E-state index >= 15 is 0 Å². The summed E-state index contributed by atoms with van der Waals surface area (Å²) in [6.07, 6.45) is 4.71. The highest BCUT2D eigenvalue weighted by Crippen LogP contribution is 2.30. The first kappa shape index (κ1) is 21.4. The minimum Gasteiger partial charge on any atom is -0.484 e. The van der Waals surface area contributed by atoms with Crippen LogP contribution in [0.25, 0.3) is 0 Å². The zero-order valence-corrected chi connectivity index (χ0v) is 17.9. The maximum absolute atomic E-state index is 12.1. The summed E-state index contributed by atoms with van der Waals surface area (Å²) in [6.45, 7) is 1.65. The molecule has 1 aromatic heterocycles. The van der Waals surface area contributed by atoms with Crippen LogP contribution in [0.4, 0.5) is 17.3 Å². The number of anilines is 3. The van der Waals surface area contributed by atoms with Crippen molar-refractivity contribution < 1.29 is 9.53 Å². The van der Waals surface area contributed by atoms with Gasteiger partial charge in [0.15, 0.2) is 18.2 Å². The molecule has 4 rings (SSSR count). The van der Waals surface area contributed by atoms with Crippen molar-refractivity contribution in [3.63, 3.8) is 0 Å². The number of nitrogens with one attached hydrogen (secondary N) is 2. The molecule has 0 atom stereocenters. The molecule has 32 heavy (non-hydrogen) atoms. The van der Waals surface area contributed by atoms with Crippen LogP contribution in [0.1, 0.15) is 18.4 Å². The SMILES string of the molecule is Nc1c(NNC(=O)COc2ccccc2)ncnc1N1CCC(Cc2ccccc2)CC1. The van der Waals surface area contributed by atoms with Gasteiger partial charge in [-0.3, -0.25) is 15.6 Å². The van der Waals surface area contributed by atoms with Gasteiger partial charge in [-0.2, -0.15) is 0 Å².